The Kier molecular flexibility index (Phi) is 7.26. The quantitative estimate of drug-likeness (QED) is 0.637. The number of halogens is 1. The lowest BCUT2D eigenvalue weighted by Crippen LogP contribution is -2.41. The molecule has 2 unspecified atom stereocenters. The SMILES string of the molecule is COc1cc(Br)c(C(c2ccc(N(C)C)cc2)N2CCCC(C(=O)O)C2)cc1OC. The van der Waals surface area contributed by atoms with E-state index in [2.05, 4.69) is 50.0 Å². The first-order chi connectivity index (χ1) is 14.3. The van der Waals surface area contributed by atoms with Crippen LogP contribution in [0.25, 0.3) is 0 Å². The summed E-state index contributed by atoms with van der Waals surface area (Å²) in [5.74, 6) is 0.211. The fourth-order valence-electron chi connectivity index (χ4n) is 4.06. The van der Waals surface area contributed by atoms with Crippen molar-refractivity contribution >= 4 is 27.6 Å². The molecule has 0 amide bonds. The van der Waals surface area contributed by atoms with Crippen LogP contribution in [0.3, 0.4) is 0 Å². The minimum absolute atomic E-state index is 0.0995. The van der Waals surface area contributed by atoms with Crippen molar-refractivity contribution < 1.29 is 19.4 Å². The molecule has 1 aliphatic rings. The Morgan fingerprint density at radius 3 is 2.37 bits per heavy atom. The second kappa shape index (κ2) is 9.71. The number of rotatable bonds is 7. The average molecular weight is 477 g/mol. The lowest BCUT2D eigenvalue weighted by molar-refractivity contribution is -0.143. The van der Waals surface area contributed by atoms with E-state index >= 15 is 0 Å². The highest BCUT2D eigenvalue weighted by Crippen LogP contribution is 2.41. The van der Waals surface area contributed by atoms with E-state index in [1.165, 1.54) is 0 Å². The van der Waals surface area contributed by atoms with Crippen LogP contribution in [-0.2, 0) is 4.79 Å². The average Bonchev–Trinajstić information content (AvgIpc) is 2.75. The van der Waals surface area contributed by atoms with Crippen LogP contribution in [-0.4, -0.2) is 57.4 Å². The zero-order valence-electron chi connectivity index (χ0n) is 17.9. The van der Waals surface area contributed by atoms with Crippen LogP contribution in [0.1, 0.15) is 30.0 Å². The van der Waals surface area contributed by atoms with Gasteiger partial charge in [-0.1, -0.05) is 28.1 Å². The van der Waals surface area contributed by atoms with Gasteiger partial charge in [-0.25, -0.2) is 0 Å². The van der Waals surface area contributed by atoms with Gasteiger partial charge < -0.3 is 19.5 Å². The van der Waals surface area contributed by atoms with Gasteiger partial charge in [0.1, 0.15) is 0 Å². The number of aliphatic carboxylic acids is 1. The highest BCUT2D eigenvalue weighted by atomic mass is 79.9. The predicted octanol–water partition coefficient (Wildman–Crippen LogP) is 4.42. The smallest absolute Gasteiger partial charge is 0.307 e. The van der Waals surface area contributed by atoms with E-state index in [9.17, 15) is 9.90 Å². The van der Waals surface area contributed by atoms with Gasteiger partial charge in [-0.05, 0) is 54.8 Å². The molecule has 1 saturated heterocycles. The number of anilines is 1. The summed E-state index contributed by atoms with van der Waals surface area (Å²) < 4.78 is 11.9. The molecule has 0 aromatic heterocycles. The molecule has 2 aromatic rings. The van der Waals surface area contributed by atoms with Crippen molar-refractivity contribution in [3.05, 3.63) is 52.0 Å². The number of carbonyl (C=O) groups is 1. The van der Waals surface area contributed by atoms with Crippen molar-refractivity contribution in [2.24, 2.45) is 5.92 Å². The standard InChI is InChI=1S/C23H29BrN2O4/c1-25(2)17-9-7-15(8-10-17)22(26-11-5-6-16(14-26)23(27)28)18-12-20(29-3)21(30-4)13-19(18)24/h7-10,12-13,16,22H,5-6,11,14H2,1-4H3,(H,27,28). The number of carboxylic acid groups (broad SMARTS) is 1. The molecule has 1 N–H and O–H groups in total. The van der Waals surface area contributed by atoms with Crippen LogP contribution in [0.2, 0.25) is 0 Å². The Bertz CT molecular complexity index is 886. The summed E-state index contributed by atoms with van der Waals surface area (Å²) in [6.45, 7) is 1.35. The van der Waals surface area contributed by atoms with Gasteiger partial charge in [0, 0.05) is 30.8 Å². The summed E-state index contributed by atoms with van der Waals surface area (Å²) in [6.07, 6.45) is 1.57. The molecule has 2 atom stereocenters. The normalized spacial score (nSPS) is 18.0. The highest BCUT2D eigenvalue weighted by Gasteiger charge is 2.32. The Balaban J connectivity index is 2.09. The van der Waals surface area contributed by atoms with Crippen molar-refractivity contribution in [1.82, 2.24) is 4.90 Å². The largest absolute Gasteiger partial charge is 0.493 e. The van der Waals surface area contributed by atoms with E-state index in [1.807, 2.05) is 26.2 Å². The zero-order valence-corrected chi connectivity index (χ0v) is 19.5. The van der Waals surface area contributed by atoms with Crippen LogP contribution in [0.15, 0.2) is 40.9 Å². The molecule has 2 aromatic carbocycles. The van der Waals surface area contributed by atoms with Crippen molar-refractivity contribution in [3.8, 4) is 11.5 Å². The van der Waals surface area contributed by atoms with Crippen molar-refractivity contribution in [2.75, 3.05) is 46.3 Å². The third kappa shape index (κ3) is 4.73. The second-order valence-electron chi connectivity index (χ2n) is 7.79. The molecule has 3 rings (SSSR count). The number of benzene rings is 2. The Hall–Kier alpha value is -2.25. The van der Waals surface area contributed by atoms with Gasteiger partial charge in [-0.3, -0.25) is 9.69 Å². The van der Waals surface area contributed by atoms with E-state index in [0.717, 1.165) is 34.3 Å². The molecule has 1 fully saturated rings. The first kappa shape index (κ1) is 22.4. The number of nitrogens with zero attached hydrogens (tertiary/aromatic N) is 2. The monoisotopic (exact) mass is 476 g/mol. The third-order valence-corrected chi connectivity index (χ3v) is 6.38. The van der Waals surface area contributed by atoms with E-state index < -0.39 is 5.97 Å². The molecule has 1 heterocycles. The molecule has 0 saturated carbocycles. The van der Waals surface area contributed by atoms with Gasteiger partial charge in [0.15, 0.2) is 11.5 Å². The Labute approximate surface area is 186 Å². The van der Waals surface area contributed by atoms with Gasteiger partial charge in [-0.2, -0.15) is 0 Å². The maximum Gasteiger partial charge on any atom is 0.307 e. The lowest BCUT2D eigenvalue weighted by atomic mass is 9.91. The van der Waals surface area contributed by atoms with Crippen molar-refractivity contribution in [1.29, 1.82) is 0 Å². The molecule has 0 bridgehead atoms. The van der Waals surface area contributed by atoms with Crippen LogP contribution in [0.5, 0.6) is 11.5 Å². The van der Waals surface area contributed by atoms with Crippen LogP contribution in [0.4, 0.5) is 5.69 Å². The molecule has 30 heavy (non-hydrogen) atoms. The van der Waals surface area contributed by atoms with Crippen LogP contribution in [0, 0.1) is 5.92 Å². The highest BCUT2D eigenvalue weighted by molar-refractivity contribution is 9.10. The minimum atomic E-state index is -0.729. The summed E-state index contributed by atoms with van der Waals surface area (Å²) >= 11 is 3.71. The molecule has 0 spiro atoms. The number of hydrogen-bond acceptors (Lipinski definition) is 5. The lowest BCUT2D eigenvalue weighted by Gasteiger charge is -2.38. The van der Waals surface area contributed by atoms with Gasteiger partial charge in [-0.15, -0.1) is 0 Å². The number of piperidine rings is 1. The Morgan fingerprint density at radius 1 is 1.17 bits per heavy atom. The molecule has 7 heteroatoms. The maximum atomic E-state index is 11.7. The van der Waals surface area contributed by atoms with E-state index in [-0.39, 0.29) is 12.0 Å². The topological polar surface area (TPSA) is 62.2 Å². The summed E-state index contributed by atoms with van der Waals surface area (Å²) in [6, 6.07) is 12.2. The Morgan fingerprint density at radius 2 is 1.80 bits per heavy atom. The third-order valence-electron chi connectivity index (χ3n) is 5.69. The predicted molar refractivity (Wildman–Crippen MR) is 122 cm³/mol. The molecule has 162 valence electrons. The minimum Gasteiger partial charge on any atom is -0.493 e. The van der Waals surface area contributed by atoms with Gasteiger partial charge >= 0.3 is 5.97 Å². The summed E-state index contributed by atoms with van der Waals surface area (Å²) in [5.41, 5.74) is 3.25. The molecule has 0 aliphatic carbocycles. The molecular weight excluding hydrogens is 448 g/mol. The number of ether oxygens (including phenoxy) is 2. The molecular formula is C23H29BrN2O4. The summed E-state index contributed by atoms with van der Waals surface area (Å²) in [7, 11) is 7.26. The van der Waals surface area contributed by atoms with Gasteiger partial charge in [0.05, 0.1) is 26.2 Å². The molecule has 1 aliphatic heterocycles. The fraction of sp³-hybridized carbons (Fsp3) is 0.435. The van der Waals surface area contributed by atoms with Crippen LogP contribution >= 0.6 is 15.9 Å². The van der Waals surface area contributed by atoms with E-state index in [0.29, 0.717) is 24.5 Å². The van der Waals surface area contributed by atoms with Crippen LogP contribution < -0.4 is 14.4 Å². The zero-order chi connectivity index (χ0) is 21.8. The molecule has 0 radical (unpaired) electrons. The number of likely N-dealkylation sites (tertiary alicyclic amines) is 1. The summed E-state index contributed by atoms with van der Waals surface area (Å²) in [5, 5.41) is 9.60. The number of methoxy groups -OCH3 is 2. The fourth-order valence-corrected chi connectivity index (χ4v) is 4.60. The summed E-state index contributed by atoms with van der Waals surface area (Å²) in [4.78, 5) is 16.0. The first-order valence-electron chi connectivity index (χ1n) is 10.0. The molecule has 6 nitrogen and oxygen atoms in total. The van der Waals surface area contributed by atoms with Crippen molar-refractivity contribution in [2.45, 2.75) is 18.9 Å². The van der Waals surface area contributed by atoms with Crippen molar-refractivity contribution in [3.63, 3.8) is 0 Å². The number of hydrogen-bond donors (Lipinski definition) is 1. The van der Waals surface area contributed by atoms with E-state index in [1.54, 1.807) is 14.2 Å². The second-order valence-corrected chi connectivity index (χ2v) is 8.64. The van der Waals surface area contributed by atoms with Gasteiger partial charge in [0.2, 0.25) is 0 Å². The van der Waals surface area contributed by atoms with E-state index in [4.69, 9.17) is 9.47 Å². The number of carboxylic acids is 1. The van der Waals surface area contributed by atoms with Gasteiger partial charge in [0.25, 0.3) is 0 Å². The maximum absolute atomic E-state index is 11.7. The first-order valence-corrected chi connectivity index (χ1v) is 10.8.